The lowest BCUT2D eigenvalue weighted by Crippen LogP contribution is -2.33. The van der Waals surface area contributed by atoms with E-state index >= 15 is 0 Å². The molecular formula is C49H72Cl4IN3O7. The highest BCUT2D eigenvalue weighted by Gasteiger charge is 2.42. The van der Waals surface area contributed by atoms with Crippen molar-refractivity contribution in [1.82, 2.24) is 10.6 Å². The third kappa shape index (κ3) is 21.8. The zero-order chi connectivity index (χ0) is 47.4. The minimum absolute atomic E-state index is 0. The first-order valence-corrected chi connectivity index (χ1v) is 24.3. The van der Waals surface area contributed by atoms with Gasteiger partial charge in [0.2, 0.25) is 0 Å². The number of hydrogen-bond donors (Lipinski definition) is 4. The smallest absolute Gasteiger partial charge is 0.407 e. The predicted molar refractivity (Wildman–Crippen MR) is 274 cm³/mol. The van der Waals surface area contributed by atoms with E-state index in [2.05, 4.69) is 47.1 Å². The maximum Gasteiger partial charge on any atom is 0.407 e. The molecule has 3 aliphatic carbocycles. The molecule has 6 unspecified atom stereocenters. The zero-order valence-electron chi connectivity index (χ0n) is 39.5. The summed E-state index contributed by atoms with van der Waals surface area (Å²) in [5.41, 5.74) is 7.92. The molecule has 0 aliphatic heterocycles. The molecule has 360 valence electrons. The van der Waals surface area contributed by atoms with Crippen LogP contribution in [-0.4, -0.2) is 64.3 Å². The molecule has 0 aromatic heterocycles. The Morgan fingerprint density at radius 1 is 0.656 bits per heavy atom. The lowest BCUT2D eigenvalue weighted by molar-refractivity contribution is 0.0513. The van der Waals surface area contributed by atoms with Crippen molar-refractivity contribution in [3.8, 4) is 17.2 Å². The van der Waals surface area contributed by atoms with Crippen LogP contribution in [0.2, 0.25) is 15.1 Å². The minimum atomic E-state index is -0.488. The van der Waals surface area contributed by atoms with Crippen LogP contribution < -0.4 is 25.8 Å². The number of carbonyl (C=O) groups excluding carboxylic acids is 2. The SMILES string of the molecule is CC(C)(C)OC(=O)NCC1CC1c1cc(Cl)ccc1O.CC(C)I.CC(C)Oc1ccc(Cl)cc1C1CC1CN.CC(C)Oc1ccc(Cl)cc1C1CC1CNC(=O)OC(C)(C)C.Cl. The molecule has 3 aromatic carbocycles. The van der Waals surface area contributed by atoms with E-state index in [0.29, 0.717) is 52.7 Å². The third-order valence-corrected chi connectivity index (χ3v) is 10.4. The number of rotatable bonds is 12. The van der Waals surface area contributed by atoms with Crippen molar-refractivity contribution in [2.24, 2.45) is 23.5 Å². The molecule has 64 heavy (non-hydrogen) atoms. The number of amides is 2. The topological polar surface area (TPSA) is 141 Å². The standard InChI is InChI=1S/C18H26ClNO3.C15H20ClNO3.C13H18ClNO.C3H7I.ClH/c1-11(2)22-16-7-6-13(19)9-15(16)14-8-12(14)10-20-17(21)23-18(3,4)5;1-15(2,3)20-14(19)17-8-9-6-11(9)12-7-10(16)4-5-13(12)18;1-8(2)16-13-4-3-10(14)6-12(13)11-5-9(11)7-15;1-3(2)4;/h6-7,9,11-12,14H,8,10H2,1-5H3,(H,20,21);4-5,7,9,11,18H,6,8H2,1-3H3,(H,17,19);3-4,6,8-9,11H,5,7,15H2,1-2H3;3H,1-2H3;1H. The lowest BCUT2D eigenvalue weighted by Gasteiger charge is -2.19. The van der Waals surface area contributed by atoms with Crippen LogP contribution in [0, 0.1) is 17.8 Å². The van der Waals surface area contributed by atoms with E-state index in [-0.39, 0.29) is 42.4 Å². The number of benzene rings is 3. The van der Waals surface area contributed by atoms with Crippen molar-refractivity contribution in [2.75, 3.05) is 19.6 Å². The molecule has 3 fully saturated rings. The van der Waals surface area contributed by atoms with Crippen molar-refractivity contribution < 1.29 is 33.6 Å². The van der Waals surface area contributed by atoms with Crippen LogP contribution in [0.3, 0.4) is 0 Å². The predicted octanol–water partition coefficient (Wildman–Crippen LogP) is 13.9. The lowest BCUT2D eigenvalue weighted by atomic mass is 10.1. The summed E-state index contributed by atoms with van der Waals surface area (Å²) in [5.74, 6) is 4.60. The highest BCUT2D eigenvalue weighted by Crippen LogP contribution is 2.52. The number of carbonyl (C=O) groups is 2. The van der Waals surface area contributed by atoms with E-state index in [0.717, 1.165) is 57.4 Å². The Balaban J connectivity index is 0.000000318. The Bertz CT molecular complexity index is 1940. The molecule has 0 spiro atoms. The number of phenols is 1. The van der Waals surface area contributed by atoms with Gasteiger partial charge in [0.05, 0.1) is 12.2 Å². The molecule has 2 amide bonds. The summed E-state index contributed by atoms with van der Waals surface area (Å²) in [6.07, 6.45) is 2.65. The van der Waals surface area contributed by atoms with Gasteiger partial charge in [-0.05, 0) is 202 Å². The van der Waals surface area contributed by atoms with Crippen molar-refractivity contribution in [3.05, 3.63) is 86.4 Å². The Morgan fingerprint density at radius 2 is 0.984 bits per heavy atom. The van der Waals surface area contributed by atoms with Gasteiger partial charge in [0, 0.05) is 32.1 Å². The number of alkyl halides is 1. The number of halogens is 5. The van der Waals surface area contributed by atoms with Crippen LogP contribution in [0.25, 0.3) is 0 Å². The molecule has 10 nitrogen and oxygen atoms in total. The van der Waals surface area contributed by atoms with E-state index in [9.17, 15) is 14.7 Å². The monoisotopic (exact) mass is 1080 g/mol. The highest BCUT2D eigenvalue weighted by molar-refractivity contribution is 14.1. The van der Waals surface area contributed by atoms with E-state index in [1.807, 2.05) is 106 Å². The molecule has 3 aromatic rings. The first-order chi connectivity index (χ1) is 29.3. The van der Waals surface area contributed by atoms with Crippen LogP contribution >= 0.6 is 69.8 Å². The summed E-state index contributed by atoms with van der Waals surface area (Å²) < 4.78 is 22.9. The third-order valence-electron chi connectivity index (χ3n) is 9.74. The molecule has 15 heteroatoms. The maximum absolute atomic E-state index is 11.7. The van der Waals surface area contributed by atoms with Gasteiger partial charge in [0.25, 0.3) is 0 Å². The quantitative estimate of drug-likeness (QED) is 0.104. The van der Waals surface area contributed by atoms with Gasteiger partial charge >= 0.3 is 12.2 Å². The molecule has 5 N–H and O–H groups in total. The molecule has 3 aliphatic rings. The van der Waals surface area contributed by atoms with E-state index < -0.39 is 17.3 Å². The maximum atomic E-state index is 11.7. The van der Waals surface area contributed by atoms with Gasteiger partial charge in [-0.3, -0.25) is 0 Å². The molecule has 0 saturated heterocycles. The van der Waals surface area contributed by atoms with Crippen LogP contribution in [0.4, 0.5) is 9.59 Å². The molecule has 0 bridgehead atoms. The summed E-state index contributed by atoms with van der Waals surface area (Å²) in [4.78, 5) is 23.3. The molecule has 0 heterocycles. The van der Waals surface area contributed by atoms with Gasteiger partial charge in [-0.2, -0.15) is 0 Å². The second-order valence-corrected chi connectivity index (χ2v) is 23.0. The van der Waals surface area contributed by atoms with E-state index in [1.54, 1.807) is 18.2 Å². The molecule has 0 radical (unpaired) electrons. The number of phenolic OH excluding ortho intramolecular Hbond substituents is 1. The number of nitrogens with two attached hydrogens (primary N) is 1. The molecule has 3 saturated carbocycles. The van der Waals surface area contributed by atoms with E-state index in [4.69, 9.17) is 59.5 Å². The largest absolute Gasteiger partial charge is 0.508 e. The second-order valence-electron chi connectivity index (χ2n) is 19.2. The number of aromatic hydroxyl groups is 1. The fraction of sp³-hybridized carbons (Fsp3) is 0.592. The number of ether oxygens (including phenoxy) is 4. The van der Waals surface area contributed by atoms with Gasteiger partial charge in [-0.25, -0.2) is 9.59 Å². The zero-order valence-corrected chi connectivity index (χ0v) is 44.8. The van der Waals surface area contributed by atoms with Crippen LogP contribution in [-0.2, 0) is 9.47 Å². The Hall–Kier alpha value is -2.55. The van der Waals surface area contributed by atoms with Gasteiger partial charge in [-0.1, -0.05) is 71.2 Å². The average molecular weight is 1080 g/mol. The summed E-state index contributed by atoms with van der Waals surface area (Å²) in [6, 6.07) is 16.6. The van der Waals surface area contributed by atoms with Gasteiger partial charge in [0.1, 0.15) is 28.5 Å². The summed E-state index contributed by atoms with van der Waals surface area (Å²) >= 11 is 20.4. The van der Waals surface area contributed by atoms with Crippen molar-refractivity contribution in [1.29, 1.82) is 0 Å². The van der Waals surface area contributed by atoms with Crippen LogP contribution in [0.5, 0.6) is 17.2 Å². The van der Waals surface area contributed by atoms with E-state index in [1.165, 1.54) is 5.56 Å². The summed E-state index contributed by atoms with van der Waals surface area (Å²) in [6.45, 7) is 25.3. The van der Waals surface area contributed by atoms with Crippen molar-refractivity contribution in [2.45, 2.75) is 147 Å². The van der Waals surface area contributed by atoms with Gasteiger partial charge in [0.15, 0.2) is 0 Å². The van der Waals surface area contributed by atoms with Crippen molar-refractivity contribution in [3.63, 3.8) is 0 Å². The fourth-order valence-corrected chi connectivity index (χ4v) is 7.36. The fourth-order valence-electron chi connectivity index (χ4n) is 6.82. The number of hydrogen-bond acceptors (Lipinski definition) is 8. The normalized spacial score (nSPS) is 20.4. The Morgan fingerprint density at radius 3 is 1.33 bits per heavy atom. The highest BCUT2D eigenvalue weighted by atomic mass is 127. The molecule has 6 atom stereocenters. The summed E-state index contributed by atoms with van der Waals surface area (Å²) in [7, 11) is 0. The van der Waals surface area contributed by atoms with Gasteiger partial charge < -0.3 is 40.4 Å². The molecular weight excluding hydrogens is 1010 g/mol. The number of nitrogens with one attached hydrogen (secondary N) is 2. The Kier molecular flexibility index (Phi) is 23.5. The second kappa shape index (κ2) is 26.1. The van der Waals surface area contributed by atoms with Crippen LogP contribution in [0.1, 0.15) is 137 Å². The van der Waals surface area contributed by atoms with Crippen LogP contribution in [0.15, 0.2) is 54.6 Å². The number of alkyl carbamates (subject to hydrolysis) is 2. The molecule has 6 rings (SSSR count). The minimum Gasteiger partial charge on any atom is -0.508 e. The first-order valence-electron chi connectivity index (χ1n) is 21.9. The van der Waals surface area contributed by atoms with Crippen molar-refractivity contribution >= 4 is 82.0 Å². The first kappa shape index (κ1) is 57.6. The average Bonchev–Trinajstić information content (AvgIpc) is 4.04. The summed E-state index contributed by atoms with van der Waals surface area (Å²) in [5, 5.41) is 17.5. The van der Waals surface area contributed by atoms with Gasteiger partial charge in [-0.15, -0.1) is 12.4 Å². The Labute approximate surface area is 417 Å².